The first-order chi connectivity index (χ1) is 9.24. The van der Waals surface area contributed by atoms with Gasteiger partial charge in [-0.15, -0.1) is 0 Å². The number of hydrogen-bond acceptors (Lipinski definition) is 2. The number of benzene rings is 1. The van der Waals surface area contributed by atoms with Gasteiger partial charge in [0.05, 0.1) is 11.1 Å². The average molecular weight is 326 g/mol. The Kier molecular flexibility index (Phi) is 5.71. The minimum absolute atomic E-state index is 0.481. The number of rotatable bonds is 8. The van der Waals surface area contributed by atoms with Crippen molar-refractivity contribution in [3.63, 3.8) is 0 Å². The highest BCUT2D eigenvalue weighted by atomic mass is 79.9. The molecule has 1 aromatic carbocycles. The van der Waals surface area contributed by atoms with Gasteiger partial charge in [0.15, 0.2) is 0 Å². The van der Waals surface area contributed by atoms with E-state index in [-0.39, 0.29) is 0 Å². The zero-order chi connectivity index (χ0) is 13.7. The third-order valence-electron chi connectivity index (χ3n) is 3.54. The van der Waals surface area contributed by atoms with Crippen LogP contribution in [0.2, 0.25) is 0 Å². The van der Waals surface area contributed by atoms with Gasteiger partial charge in [0, 0.05) is 6.04 Å². The maximum Gasteiger partial charge on any atom is 0.133 e. The van der Waals surface area contributed by atoms with Gasteiger partial charge < -0.3 is 10.1 Å². The number of ether oxygens (including phenoxy) is 1. The number of hydrogen-bond donors (Lipinski definition) is 1. The third kappa shape index (κ3) is 4.50. The summed E-state index contributed by atoms with van der Waals surface area (Å²) in [4.78, 5) is 0. The van der Waals surface area contributed by atoms with Gasteiger partial charge in [-0.05, 0) is 58.9 Å². The van der Waals surface area contributed by atoms with Crippen molar-refractivity contribution >= 4 is 15.9 Å². The van der Waals surface area contributed by atoms with E-state index in [1.54, 1.807) is 0 Å². The van der Waals surface area contributed by atoms with Crippen LogP contribution in [-0.4, -0.2) is 13.2 Å². The molecule has 1 fully saturated rings. The van der Waals surface area contributed by atoms with Crippen LogP contribution in [0.1, 0.15) is 51.1 Å². The molecule has 1 aliphatic rings. The van der Waals surface area contributed by atoms with E-state index in [0.29, 0.717) is 6.04 Å². The van der Waals surface area contributed by atoms with Crippen LogP contribution in [0, 0.1) is 5.92 Å². The summed E-state index contributed by atoms with van der Waals surface area (Å²) in [5.41, 5.74) is 1.37. The Morgan fingerprint density at radius 1 is 1.37 bits per heavy atom. The second kappa shape index (κ2) is 7.30. The molecule has 2 nitrogen and oxygen atoms in total. The first-order valence-corrected chi connectivity index (χ1v) is 8.19. The van der Waals surface area contributed by atoms with E-state index in [0.717, 1.165) is 35.7 Å². The highest BCUT2D eigenvalue weighted by molar-refractivity contribution is 9.10. The van der Waals surface area contributed by atoms with Crippen molar-refractivity contribution in [3.8, 4) is 5.75 Å². The average Bonchev–Trinajstić information content (AvgIpc) is 3.21. The van der Waals surface area contributed by atoms with Crippen molar-refractivity contribution in [2.45, 2.75) is 45.6 Å². The van der Waals surface area contributed by atoms with E-state index < -0.39 is 0 Å². The normalized spacial score (nSPS) is 16.4. The Labute approximate surface area is 125 Å². The monoisotopic (exact) mass is 325 g/mol. The van der Waals surface area contributed by atoms with Crippen molar-refractivity contribution in [1.29, 1.82) is 0 Å². The molecule has 0 aliphatic heterocycles. The van der Waals surface area contributed by atoms with Crippen LogP contribution in [0.25, 0.3) is 0 Å². The summed E-state index contributed by atoms with van der Waals surface area (Å²) < 4.78 is 6.77. The van der Waals surface area contributed by atoms with Crippen molar-refractivity contribution in [3.05, 3.63) is 28.2 Å². The molecule has 0 aromatic heterocycles. The van der Waals surface area contributed by atoms with E-state index in [2.05, 4.69) is 53.3 Å². The van der Waals surface area contributed by atoms with Gasteiger partial charge in [-0.25, -0.2) is 0 Å². The number of halogens is 1. The van der Waals surface area contributed by atoms with Gasteiger partial charge >= 0.3 is 0 Å². The summed E-state index contributed by atoms with van der Waals surface area (Å²) in [6.45, 7) is 6.09. The second-order valence-corrected chi connectivity index (χ2v) is 6.18. The zero-order valence-corrected chi connectivity index (χ0v) is 13.5. The Bertz CT molecular complexity index is 404. The molecule has 0 radical (unpaired) electrons. The van der Waals surface area contributed by atoms with E-state index in [1.165, 1.54) is 24.8 Å². The molecule has 0 amide bonds. The molecule has 1 unspecified atom stereocenters. The van der Waals surface area contributed by atoms with Crippen LogP contribution in [-0.2, 0) is 0 Å². The zero-order valence-electron chi connectivity index (χ0n) is 11.9. The molecule has 3 heteroatoms. The van der Waals surface area contributed by atoms with Crippen molar-refractivity contribution in [2.75, 3.05) is 13.2 Å². The van der Waals surface area contributed by atoms with Gasteiger partial charge in [-0.2, -0.15) is 0 Å². The molecule has 1 aromatic rings. The van der Waals surface area contributed by atoms with Crippen LogP contribution in [0.15, 0.2) is 22.7 Å². The predicted molar refractivity (Wildman–Crippen MR) is 83.7 cm³/mol. The summed E-state index contributed by atoms with van der Waals surface area (Å²) in [6, 6.07) is 6.98. The maximum atomic E-state index is 5.71. The summed E-state index contributed by atoms with van der Waals surface area (Å²) >= 11 is 3.63. The fourth-order valence-electron chi connectivity index (χ4n) is 2.33. The van der Waals surface area contributed by atoms with Crippen LogP contribution in [0.3, 0.4) is 0 Å². The molecule has 0 heterocycles. The van der Waals surface area contributed by atoms with Crippen molar-refractivity contribution in [2.24, 2.45) is 5.92 Å². The lowest BCUT2D eigenvalue weighted by atomic mass is 10.0. The molecule has 1 saturated carbocycles. The summed E-state index contributed by atoms with van der Waals surface area (Å²) in [5, 5.41) is 3.60. The van der Waals surface area contributed by atoms with E-state index in [4.69, 9.17) is 4.74 Å². The Hall–Kier alpha value is -0.540. The topological polar surface area (TPSA) is 21.3 Å². The van der Waals surface area contributed by atoms with Crippen LogP contribution >= 0.6 is 15.9 Å². The van der Waals surface area contributed by atoms with Crippen LogP contribution < -0.4 is 10.1 Å². The minimum atomic E-state index is 0.481. The van der Waals surface area contributed by atoms with E-state index >= 15 is 0 Å². The molecule has 106 valence electrons. The highest BCUT2D eigenvalue weighted by Gasteiger charge is 2.26. The van der Waals surface area contributed by atoms with Gasteiger partial charge in [-0.3, -0.25) is 0 Å². The Balaban J connectivity index is 2.06. The lowest BCUT2D eigenvalue weighted by Gasteiger charge is -2.19. The standard InChI is InChI=1S/C16H24BrNO/c1-3-9-19-16-8-7-13(11-14(16)17)15(18-4-2)10-12-5-6-12/h7-8,11-12,15,18H,3-6,9-10H2,1-2H3. The second-order valence-electron chi connectivity index (χ2n) is 5.33. The first kappa shape index (κ1) is 14.9. The van der Waals surface area contributed by atoms with Gasteiger partial charge in [0.1, 0.15) is 5.75 Å². The predicted octanol–water partition coefficient (Wildman–Crippen LogP) is 4.69. The third-order valence-corrected chi connectivity index (χ3v) is 4.16. The van der Waals surface area contributed by atoms with Crippen LogP contribution in [0.5, 0.6) is 5.75 Å². The summed E-state index contributed by atoms with van der Waals surface area (Å²) in [7, 11) is 0. The molecule has 0 saturated heterocycles. The molecule has 0 bridgehead atoms. The van der Waals surface area contributed by atoms with E-state index in [1.807, 2.05) is 0 Å². The smallest absolute Gasteiger partial charge is 0.133 e. The summed E-state index contributed by atoms with van der Waals surface area (Å²) in [6.07, 6.45) is 5.10. The lowest BCUT2D eigenvalue weighted by Crippen LogP contribution is -2.21. The molecule has 19 heavy (non-hydrogen) atoms. The largest absolute Gasteiger partial charge is 0.492 e. The summed E-state index contributed by atoms with van der Waals surface area (Å²) in [5.74, 6) is 1.88. The van der Waals surface area contributed by atoms with Crippen molar-refractivity contribution in [1.82, 2.24) is 5.32 Å². The fraction of sp³-hybridized carbons (Fsp3) is 0.625. The molecule has 0 spiro atoms. The quantitative estimate of drug-likeness (QED) is 0.748. The minimum Gasteiger partial charge on any atom is -0.492 e. The first-order valence-electron chi connectivity index (χ1n) is 7.40. The lowest BCUT2D eigenvalue weighted by molar-refractivity contribution is 0.315. The molecule has 1 aliphatic carbocycles. The molecule has 2 rings (SSSR count). The maximum absolute atomic E-state index is 5.71. The Morgan fingerprint density at radius 2 is 2.16 bits per heavy atom. The van der Waals surface area contributed by atoms with Gasteiger partial charge in [0.25, 0.3) is 0 Å². The molecule has 1 N–H and O–H groups in total. The van der Waals surface area contributed by atoms with Gasteiger partial charge in [-0.1, -0.05) is 32.8 Å². The Morgan fingerprint density at radius 3 is 2.74 bits per heavy atom. The SMILES string of the molecule is CCCOc1ccc(C(CC2CC2)NCC)cc1Br. The molecular weight excluding hydrogens is 302 g/mol. The van der Waals surface area contributed by atoms with Crippen molar-refractivity contribution < 1.29 is 4.74 Å². The molecular formula is C16H24BrNO. The van der Waals surface area contributed by atoms with Crippen LogP contribution in [0.4, 0.5) is 0 Å². The highest BCUT2D eigenvalue weighted by Crippen LogP contribution is 2.38. The molecule has 1 atom stereocenters. The van der Waals surface area contributed by atoms with Gasteiger partial charge in [0.2, 0.25) is 0 Å². The van der Waals surface area contributed by atoms with E-state index in [9.17, 15) is 0 Å². The number of nitrogens with one attached hydrogen (secondary N) is 1. The fourth-order valence-corrected chi connectivity index (χ4v) is 2.84.